The quantitative estimate of drug-likeness (QED) is 0.342. The lowest BCUT2D eigenvalue weighted by molar-refractivity contribution is 0.373. The Morgan fingerprint density at radius 1 is 1.03 bits per heavy atom. The van der Waals surface area contributed by atoms with Crippen molar-refractivity contribution in [2.24, 2.45) is 5.10 Å². The van der Waals surface area contributed by atoms with Gasteiger partial charge < -0.3 is 19.2 Å². The van der Waals surface area contributed by atoms with Gasteiger partial charge in [0.05, 0.1) is 23.5 Å². The summed E-state index contributed by atoms with van der Waals surface area (Å²) >= 11 is 0. The Morgan fingerprint density at radius 3 is 2.66 bits per heavy atom. The summed E-state index contributed by atoms with van der Waals surface area (Å²) in [6.45, 7) is 4.11. The van der Waals surface area contributed by atoms with E-state index >= 15 is 0 Å². The smallest absolute Gasteiger partial charge is 0.222 e. The number of methoxy groups -OCH3 is 1. The van der Waals surface area contributed by atoms with Gasteiger partial charge in [-0.25, -0.2) is 10.4 Å². The minimum Gasteiger partial charge on any atom is -0.504 e. The predicted molar refractivity (Wildman–Crippen MR) is 125 cm³/mol. The van der Waals surface area contributed by atoms with Crippen LogP contribution in [0.4, 0.5) is 5.95 Å². The van der Waals surface area contributed by atoms with Crippen molar-refractivity contribution in [2.45, 2.75) is 13.8 Å². The summed E-state index contributed by atoms with van der Waals surface area (Å²) < 4.78 is 11.5. The Balaban J connectivity index is 1.67. The van der Waals surface area contributed by atoms with E-state index in [0.717, 1.165) is 33.1 Å². The fourth-order valence-corrected chi connectivity index (χ4v) is 3.61. The van der Waals surface area contributed by atoms with Crippen molar-refractivity contribution in [2.75, 3.05) is 12.5 Å². The van der Waals surface area contributed by atoms with Crippen LogP contribution in [0.5, 0.6) is 11.5 Å². The molecule has 0 spiro atoms. The van der Waals surface area contributed by atoms with Gasteiger partial charge in [0.2, 0.25) is 5.95 Å². The Hall–Kier alpha value is -4.26. The Bertz CT molecular complexity index is 1500. The van der Waals surface area contributed by atoms with Gasteiger partial charge in [-0.3, -0.25) is 0 Å². The lowest BCUT2D eigenvalue weighted by Gasteiger charge is -2.09. The highest BCUT2D eigenvalue weighted by Crippen LogP contribution is 2.32. The van der Waals surface area contributed by atoms with Crippen LogP contribution in [0.1, 0.15) is 11.1 Å². The molecule has 0 saturated carbocycles. The van der Waals surface area contributed by atoms with Crippen LogP contribution < -0.4 is 15.5 Å². The number of hydrogen-bond acceptors (Lipinski definition) is 6. The van der Waals surface area contributed by atoms with Crippen LogP contribution >= 0.6 is 0 Å². The van der Waals surface area contributed by atoms with E-state index in [0.29, 0.717) is 28.4 Å². The lowest BCUT2D eigenvalue weighted by atomic mass is 10.1. The van der Waals surface area contributed by atoms with E-state index in [-0.39, 0.29) is 5.75 Å². The van der Waals surface area contributed by atoms with Crippen LogP contribution in [0, 0.1) is 13.8 Å². The number of nitrogens with zero attached hydrogens (tertiary/aromatic N) is 2. The number of rotatable bonds is 4. The summed E-state index contributed by atoms with van der Waals surface area (Å²) in [5, 5.41) is 16.2. The number of phenols is 1. The molecule has 7 nitrogen and oxygen atoms in total. The van der Waals surface area contributed by atoms with Gasteiger partial charge in [-0.1, -0.05) is 12.1 Å². The highest BCUT2D eigenvalue weighted by molar-refractivity contribution is 5.81. The predicted octanol–water partition coefficient (Wildman–Crippen LogP) is 5.23. The molecule has 0 aliphatic heterocycles. The molecule has 7 heteroatoms. The number of hydrogen-bond donors (Lipinski definition) is 3. The average molecular weight is 426 g/mol. The number of ether oxygens (including phenoxy) is 1. The van der Waals surface area contributed by atoms with Crippen molar-refractivity contribution >= 4 is 28.0 Å². The molecule has 2 aromatic heterocycles. The summed E-state index contributed by atoms with van der Waals surface area (Å²) in [5.41, 5.74) is 8.58. The van der Waals surface area contributed by atoms with Gasteiger partial charge in [0.15, 0.2) is 11.5 Å². The minimum atomic E-state index is 0.0694. The van der Waals surface area contributed by atoms with Crippen LogP contribution in [0.2, 0.25) is 0 Å². The van der Waals surface area contributed by atoms with Crippen molar-refractivity contribution in [3.63, 3.8) is 0 Å². The summed E-state index contributed by atoms with van der Waals surface area (Å²) in [7, 11) is 1.51. The number of aromatic hydroxyl groups is 1. The first-order valence-corrected chi connectivity index (χ1v) is 10.2. The number of benzene rings is 3. The van der Waals surface area contributed by atoms with E-state index in [2.05, 4.69) is 33.5 Å². The van der Waals surface area contributed by atoms with Crippen LogP contribution in [0.25, 0.3) is 33.3 Å². The number of H-pyrrole nitrogens is 1. The van der Waals surface area contributed by atoms with E-state index in [1.54, 1.807) is 18.2 Å². The molecular weight excluding hydrogens is 404 g/mol. The number of para-hydroxylation sites is 2. The first-order chi connectivity index (χ1) is 15.5. The summed E-state index contributed by atoms with van der Waals surface area (Å²) in [6, 6.07) is 18.8. The standard InChI is InChI=1S/C25H22N4O3/c1-14-10-17-20(28-29-25-26-18-6-4-5-7-19(18)27-25)13-22(32-23(17)11-15(14)2)16-8-9-21(30)24(12-16)31-3/h4-13,30H,1-3H3,(H2,26,27,29). The number of aryl methyl sites for hydroxylation is 2. The molecule has 0 fully saturated rings. The van der Waals surface area contributed by atoms with Gasteiger partial charge in [-0.05, 0) is 67.4 Å². The number of fused-ring (bicyclic) bond motifs is 2. The first-order valence-electron chi connectivity index (χ1n) is 10.2. The molecule has 0 saturated heterocycles. The number of anilines is 1. The summed E-state index contributed by atoms with van der Waals surface area (Å²) in [6.07, 6.45) is 0. The summed E-state index contributed by atoms with van der Waals surface area (Å²) in [5.74, 6) is 1.60. The molecule has 0 bridgehead atoms. The van der Waals surface area contributed by atoms with Crippen molar-refractivity contribution in [3.8, 4) is 22.8 Å². The molecule has 0 unspecified atom stereocenters. The Kier molecular flexibility index (Phi) is 4.78. The molecule has 0 amide bonds. The topological polar surface area (TPSA) is 95.7 Å². The van der Waals surface area contributed by atoms with Gasteiger partial charge in [0, 0.05) is 17.0 Å². The average Bonchev–Trinajstić information content (AvgIpc) is 3.21. The third kappa shape index (κ3) is 3.54. The Morgan fingerprint density at radius 2 is 1.84 bits per heavy atom. The largest absolute Gasteiger partial charge is 0.504 e. The van der Waals surface area contributed by atoms with Crippen molar-refractivity contribution in [1.29, 1.82) is 0 Å². The fraction of sp³-hybridized carbons (Fsp3) is 0.120. The number of nitrogens with one attached hydrogen (secondary N) is 2. The molecule has 2 heterocycles. The molecule has 160 valence electrons. The van der Waals surface area contributed by atoms with E-state index < -0.39 is 0 Å². The minimum absolute atomic E-state index is 0.0694. The molecule has 5 rings (SSSR count). The number of imidazole rings is 1. The highest BCUT2D eigenvalue weighted by atomic mass is 16.5. The molecule has 5 aromatic rings. The second-order valence-electron chi connectivity index (χ2n) is 7.64. The summed E-state index contributed by atoms with van der Waals surface area (Å²) in [4.78, 5) is 7.74. The van der Waals surface area contributed by atoms with E-state index in [9.17, 15) is 5.11 Å². The highest BCUT2D eigenvalue weighted by Gasteiger charge is 2.11. The zero-order chi connectivity index (χ0) is 22.2. The monoisotopic (exact) mass is 426 g/mol. The third-order valence-corrected chi connectivity index (χ3v) is 5.50. The second kappa shape index (κ2) is 7.77. The van der Waals surface area contributed by atoms with Crippen molar-refractivity contribution < 1.29 is 14.3 Å². The molecule has 32 heavy (non-hydrogen) atoms. The fourth-order valence-electron chi connectivity index (χ4n) is 3.61. The van der Waals surface area contributed by atoms with Crippen LogP contribution in [0.3, 0.4) is 0 Å². The van der Waals surface area contributed by atoms with Gasteiger partial charge >= 0.3 is 0 Å². The maximum absolute atomic E-state index is 9.95. The van der Waals surface area contributed by atoms with Gasteiger partial charge in [-0.15, -0.1) is 0 Å². The SMILES string of the molecule is COc1cc(-c2cc(=NNc3nc4ccccc4[nH]3)c3cc(C)c(C)cc3o2)ccc1O. The zero-order valence-corrected chi connectivity index (χ0v) is 17.9. The van der Waals surface area contributed by atoms with Gasteiger partial charge in [-0.2, -0.15) is 5.10 Å². The molecule has 3 aromatic carbocycles. The normalized spacial score (nSPS) is 11.9. The van der Waals surface area contributed by atoms with E-state index in [1.807, 2.05) is 43.3 Å². The lowest BCUT2D eigenvalue weighted by Crippen LogP contribution is -2.08. The number of aromatic amines is 1. The van der Waals surface area contributed by atoms with E-state index in [4.69, 9.17) is 9.15 Å². The Labute approximate surface area is 184 Å². The molecule has 3 N–H and O–H groups in total. The molecular formula is C25H22N4O3. The van der Waals surface area contributed by atoms with E-state index in [1.165, 1.54) is 7.11 Å². The maximum atomic E-state index is 9.95. The van der Waals surface area contributed by atoms with Crippen LogP contribution in [-0.2, 0) is 0 Å². The van der Waals surface area contributed by atoms with Crippen LogP contribution in [0.15, 0.2) is 70.2 Å². The second-order valence-corrected chi connectivity index (χ2v) is 7.64. The van der Waals surface area contributed by atoms with Crippen molar-refractivity contribution in [1.82, 2.24) is 9.97 Å². The third-order valence-electron chi connectivity index (χ3n) is 5.50. The molecule has 0 aliphatic carbocycles. The molecule has 0 atom stereocenters. The molecule has 0 radical (unpaired) electrons. The zero-order valence-electron chi connectivity index (χ0n) is 17.9. The number of phenolic OH excluding ortho intramolecular Hbond substituents is 1. The van der Waals surface area contributed by atoms with Crippen LogP contribution in [-0.4, -0.2) is 22.2 Å². The maximum Gasteiger partial charge on any atom is 0.222 e. The van der Waals surface area contributed by atoms with Crippen molar-refractivity contribution in [3.05, 3.63) is 77.1 Å². The van der Waals surface area contributed by atoms with Gasteiger partial charge in [0.25, 0.3) is 0 Å². The molecule has 0 aliphatic rings. The number of aromatic nitrogens is 2. The van der Waals surface area contributed by atoms with Gasteiger partial charge in [0.1, 0.15) is 11.3 Å². The first kappa shape index (κ1) is 19.7.